The van der Waals surface area contributed by atoms with Gasteiger partial charge in [0.1, 0.15) is 6.54 Å². The third kappa shape index (κ3) is 7.88. The molecule has 1 unspecified atom stereocenters. The number of carboxylic acids is 1. The molecule has 6 heteroatoms. The molecule has 0 aliphatic rings. The number of nitrogens with zero attached hydrogens (tertiary/aromatic N) is 1. The van der Waals surface area contributed by atoms with Crippen LogP contribution in [0.1, 0.15) is 6.42 Å². The van der Waals surface area contributed by atoms with Gasteiger partial charge < -0.3 is 14.3 Å². The van der Waals surface area contributed by atoms with Gasteiger partial charge in [0.2, 0.25) is 0 Å². The van der Waals surface area contributed by atoms with Crippen LogP contribution in [-0.4, -0.2) is 54.7 Å². The lowest BCUT2D eigenvalue weighted by Gasteiger charge is -2.27. The largest absolute Gasteiger partial charge is 0.481 e. The molecule has 1 atom stereocenters. The number of likely N-dealkylation sites (N-methyl/N-ethyl adjacent to an activating group) is 1. The van der Waals surface area contributed by atoms with E-state index >= 15 is 0 Å². The van der Waals surface area contributed by atoms with E-state index in [1.807, 2.05) is 21.1 Å². The van der Waals surface area contributed by atoms with Crippen LogP contribution in [0.4, 0.5) is 4.79 Å². The molecule has 0 bridgehead atoms. The number of carbonyl (C=O) groups excluding carboxylic acids is 1. The van der Waals surface area contributed by atoms with Gasteiger partial charge in [0.05, 0.1) is 27.6 Å². The molecular formula is C8H16NO4S+. The summed E-state index contributed by atoms with van der Waals surface area (Å²) in [6.45, 7) is 0.443. The zero-order valence-corrected chi connectivity index (χ0v) is 9.45. The molecule has 0 aromatic carbocycles. The number of aliphatic carboxylic acids is 1. The summed E-state index contributed by atoms with van der Waals surface area (Å²) >= 11 is 3.45. The summed E-state index contributed by atoms with van der Waals surface area (Å²) < 4.78 is 5.29. The first-order chi connectivity index (χ1) is 6.20. The molecule has 82 valence electrons. The lowest BCUT2D eigenvalue weighted by molar-refractivity contribution is -0.873. The number of carboxylic acid groups (broad SMARTS) is 1. The van der Waals surface area contributed by atoms with E-state index in [-0.39, 0.29) is 6.42 Å². The second-order valence-electron chi connectivity index (χ2n) is 4.08. The summed E-state index contributed by atoms with van der Waals surface area (Å²) in [5.74, 6) is -0.988. The van der Waals surface area contributed by atoms with Crippen molar-refractivity contribution in [3.8, 4) is 0 Å². The van der Waals surface area contributed by atoms with Crippen LogP contribution in [0.3, 0.4) is 0 Å². The zero-order chi connectivity index (χ0) is 11.4. The highest BCUT2D eigenvalue weighted by Gasteiger charge is 2.23. The summed E-state index contributed by atoms with van der Waals surface area (Å²) in [6.07, 6.45) is -0.820. The summed E-state index contributed by atoms with van der Waals surface area (Å²) in [6, 6.07) is 0. The van der Waals surface area contributed by atoms with E-state index in [1.165, 1.54) is 0 Å². The van der Waals surface area contributed by atoms with Gasteiger partial charge in [-0.3, -0.25) is 4.79 Å². The molecule has 0 rings (SSSR count). The molecule has 0 fully saturated rings. The van der Waals surface area contributed by atoms with Crippen molar-refractivity contribution in [2.45, 2.75) is 12.5 Å². The number of thiol groups is 1. The van der Waals surface area contributed by atoms with E-state index in [0.29, 0.717) is 11.0 Å². The molecular weight excluding hydrogens is 206 g/mol. The molecule has 0 saturated carbocycles. The van der Waals surface area contributed by atoms with Crippen molar-refractivity contribution in [1.29, 1.82) is 0 Å². The SMILES string of the molecule is C[N+](C)(C)CC(CC(=O)O)OC(=O)S. The van der Waals surface area contributed by atoms with Crippen LogP contribution >= 0.6 is 12.6 Å². The highest BCUT2D eigenvalue weighted by Crippen LogP contribution is 2.06. The molecule has 0 aliphatic heterocycles. The van der Waals surface area contributed by atoms with Crippen molar-refractivity contribution in [1.82, 2.24) is 0 Å². The van der Waals surface area contributed by atoms with E-state index in [2.05, 4.69) is 12.6 Å². The summed E-state index contributed by atoms with van der Waals surface area (Å²) in [5, 5.41) is 7.82. The molecule has 0 aromatic heterocycles. The molecule has 0 saturated heterocycles. The molecule has 0 amide bonds. The summed E-state index contributed by atoms with van der Waals surface area (Å²) in [5.41, 5.74) is 0. The third-order valence-electron chi connectivity index (χ3n) is 1.42. The van der Waals surface area contributed by atoms with Crippen LogP contribution in [0.2, 0.25) is 0 Å². The maximum Gasteiger partial charge on any atom is 0.364 e. The Kier molecular flexibility index (Phi) is 4.93. The predicted molar refractivity (Wildman–Crippen MR) is 54.4 cm³/mol. The highest BCUT2D eigenvalue weighted by molar-refractivity contribution is 7.96. The Morgan fingerprint density at radius 3 is 2.21 bits per heavy atom. The van der Waals surface area contributed by atoms with Crippen LogP contribution in [-0.2, 0) is 9.53 Å². The standard InChI is InChI=1S/C8H15NO4S/c1-9(2,3)5-6(4-7(10)11)13-8(12)14/h6H,4-5H2,1-3H3,(H-,10,11,12,14)/p+1. The van der Waals surface area contributed by atoms with Crippen LogP contribution < -0.4 is 0 Å². The van der Waals surface area contributed by atoms with E-state index in [1.54, 1.807) is 0 Å². The van der Waals surface area contributed by atoms with Gasteiger partial charge >= 0.3 is 11.3 Å². The minimum absolute atomic E-state index is 0.193. The van der Waals surface area contributed by atoms with Gasteiger partial charge in [-0.15, -0.1) is 0 Å². The van der Waals surface area contributed by atoms with Gasteiger partial charge in [-0.2, -0.15) is 0 Å². The highest BCUT2D eigenvalue weighted by atomic mass is 32.1. The quantitative estimate of drug-likeness (QED) is 0.406. The third-order valence-corrected chi connectivity index (χ3v) is 1.53. The van der Waals surface area contributed by atoms with Gasteiger partial charge in [0.15, 0.2) is 6.10 Å². The average Bonchev–Trinajstić information content (AvgIpc) is 1.77. The van der Waals surface area contributed by atoms with Gasteiger partial charge in [0.25, 0.3) is 0 Å². The number of hydrogen-bond acceptors (Lipinski definition) is 3. The number of quaternary nitrogens is 1. The van der Waals surface area contributed by atoms with Crippen molar-refractivity contribution >= 4 is 23.9 Å². The molecule has 0 spiro atoms. The number of carbonyl (C=O) groups is 2. The Bertz CT molecular complexity index is 208. The minimum Gasteiger partial charge on any atom is -0.481 e. The number of rotatable bonds is 5. The maximum absolute atomic E-state index is 10.6. The second kappa shape index (κ2) is 5.21. The smallest absolute Gasteiger partial charge is 0.364 e. The topological polar surface area (TPSA) is 63.6 Å². The van der Waals surface area contributed by atoms with Crippen molar-refractivity contribution in [2.75, 3.05) is 27.7 Å². The Morgan fingerprint density at radius 1 is 1.43 bits per heavy atom. The van der Waals surface area contributed by atoms with E-state index in [4.69, 9.17) is 9.84 Å². The predicted octanol–water partition coefficient (Wildman–Crippen LogP) is 0.602. The van der Waals surface area contributed by atoms with E-state index in [9.17, 15) is 9.59 Å². The zero-order valence-electron chi connectivity index (χ0n) is 8.56. The fourth-order valence-electron chi connectivity index (χ4n) is 1.09. The number of hydrogen-bond donors (Lipinski definition) is 2. The molecule has 0 radical (unpaired) electrons. The lowest BCUT2D eigenvalue weighted by atomic mass is 10.2. The molecule has 0 aromatic rings. The molecule has 5 nitrogen and oxygen atoms in total. The Balaban J connectivity index is 4.24. The molecule has 14 heavy (non-hydrogen) atoms. The van der Waals surface area contributed by atoms with Crippen molar-refractivity contribution in [2.24, 2.45) is 0 Å². The van der Waals surface area contributed by atoms with Crippen molar-refractivity contribution in [3.63, 3.8) is 0 Å². The minimum atomic E-state index is -0.988. The monoisotopic (exact) mass is 222 g/mol. The molecule has 0 heterocycles. The first-order valence-corrected chi connectivity index (χ1v) is 4.57. The molecule has 1 N–H and O–H groups in total. The van der Waals surface area contributed by atoms with Crippen LogP contribution in [0.25, 0.3) is 0 Å². The maximum atomic E-state index is 10.6. The first kappa shape index (κ1) is 13.2. The Labute approximate surface area is 88.6 Å². The van der Waals surface area contributed by atoms with Crippen molar-refractivity contribution < 1.29 is 23.9 Å². The van der Waals surface area contributed by atoms with Crippen LogP contribution in [0.5, 0.6) is 0 Å². The Hall–Kier alpha value is -0.750. The fourth-order valence-corrected chi connectivity index (χ4v) is 1.24. The van der Waals surface area contributed by atoms with Crippen LogP contribution in [0, 0.1) is 0 Å². The first-order valence-electron chi connectivity index (χ1n) is 4.12. The van der Waals surface area contributed by atoms with Gasteiger partial charge in [-0.05, 0) is 0 Å². The van der Waals surface area contributed by atoms with Crippen LogP contribution in [0.15, 0.2) is 0 Å². The van der Waals surface area contributed by atoms with Crippen molar-refractivity contribution in [3.05, 3.63) is 0 Å². The summed E-state index contributed by atoms with van der Waals surface area (Å²) in [7, 11) is 5.67. The summed E-state index contributed by atoms with van der Waals surface area (Å²) in [4.78, 5) is 21.0. The fraction of sp³-hybridized carbons (Fsp3) is 0.750. The second-order valence-corrected chi connectivity index (χ2v) is 4.44. The Morgan fingerprint density at radius 2 is 1.93 bits per heavy atom. The van der Waals surface area contributed by atoms with E-state index < -0.39 is 17.4 Å². The number of ether oxygens (including phenoxy) is 1. The average molecular weight is 222 g/mol. The van der Waals surface area contributed by atoms with Gasteiger partial charge in [0, 0.05) is 0 Å². The van der Waals surface area contributed by atoms with Gasteiger partial charge in [-0.25, -0.2) is 4.79 Å². The normalized spacial score (nSPS) is 13.4. The van der Waals surface area contributed by atoms with Gasteiger partial charge in [-0.1, -0.05) is 12.6 Å². The molecule has 0 aliphatic carbocycles. The van der Waals surface area contributed by atoms with E-state index in [0.717, 1.165) is 0 Å². The lowest BCUT2D eigenvalue weighted by Crippen LogP contribution is -2.43.